The van der Waals surface area contributed by atoms with Gasteiger partial charge in [0.2, 0.25) is 0 Å². The minimum Gasteiger partial charge on any atom is -0.373 e. The zero-order valence-corrected chi connectivity index (χ0v) is 17.3. The molecule has 2 aliphatic rings. The van der Waals surface area contributed by atoms with E-state index >= 15 is 0 Å². The third kappa shape index (κ3) is 4.36. The molecule has 1 saturated heterocycles. The molecule has 0 spiro atoms. The molecule has 0 radical (unpaired) electrons. The number of piperazine rings is 1. The highest BCUT2D eigenvalue weighted by Crippen LogP contribution is 2.39. The number of amides is 1. The predicted octanol–water partition coefficient (Wildman–Crippen LogP) is 4.62. The Morgan fingerprint density at radius 1 is 1.21 bits per heavy atom. The molecule has 1 unspecified atom stereocenters. The lowest BCUT2D eigenvalue weighted by molar-refractivity contribution is 0.0948. The average Bonchev–Trinajstić information content (AvgIpc) is 2.70. The lowest BCUT2D eigenvalue weighted by Crippen LogP contribution is -2.56. The lowest BCUT2D eigenvalue weighted by Gasteiger charge is -2.49. The molecular formula is C23H29F2N3O. The normalized spacial score (nSPS) is 22.5. The van der Waals surface area contributed by atoms with E-state index in [1.807, 2.05) is 0 Å². The van der Waals surface area contributed by atoms with Gasteiger partial charge in [0.05, 0.1) is 16.9 Å². The largest absolute Gasteiger partial charge is 0.373 e. The van der Waals surface area contributed by atoms with Crippen LogP contribution in [0, 0.1) is 11.6 Å². The molecule has 0 aromatic heterocycles. The summed E-state index contributed by atoms with van der Waals surface area (Å²) in [6.07, 6.45) is 11.2. The minimum absolute atomic E-state index is 0.00805. The second kappa shape index (κ2) is 8.80. The summed E-state index contributed by atoms with van der Waals surface area (Å²) in [4.78, 5) is 14.6. The molecule has 0 saturated carbocycles. The van der Waals surface area contributed by atoms with E-state index < -0.39 is 17.5 Å². The number of likely N-dealkylation sites (N-methyl/N-ethyl adjacent to an activating group) is 1. The Balaban J connectivity index is 1.77. The highest BCUT2D eigenvalue weighted by atomic mass is 19.1. The third-order valence-corrected chi connectivity index (χ3v) is 5.68. The van der Waals surface area contributed by atoms with Crippen molar-refractivity contribution in [1.82, 2.24) is 15.5 Å². The predicted molar refractivity (Wildman–Crippen MR) is 111 cm³/mol. The lowest BCUT2D eigenvalue weighted by atomic mass is 9.82. The van der Waals surface area contributed by atoms with Crippen LogP contribution in [-0.2, 0) is 0 Å². The second-order valence-corrected chi connectivity index (χ2v) is 7.57. The number of rotatable bonds is 6. The number of carbonyl (C=O) groups is 1. The summed E-state index contributed by atoms with van der Waals surface area (Å²) in [5, 5.41) is 6.54. The van der Waals surface area contributed by atoms with Crippen molar-refractivity contribution in [3.63, 3.8) is 0 Å². The van der Waals surface area contributed by atoms with Crippen LogP contribution in [0.15, 0.2) is 53.5 Å². The zero-order chi connectivity index (χ0) is 21.0. The van der Waals surface area contributed by atoms with Crippen LogP contribution >= 0.6 is 0 Å². The van der Waals surface area contributed by atoms with Crippen LogP contribution in [0.4, 0.5) is 8.78 Å². The number of nitrogens with zero attached hydrogens (tertiary/aromatic N) is 1. The molecule has 1 amide bonds. The Labute approximate surface area is 171 Å². The number of carbonyl (C=O) groups excluding carboxylic acids is 1. The number of allylic oxidation sites excluding steroid dienone is 3. The Kier molecular flexibility index (Phi) is 6.40. The minimum atomic E-state index is -0.757. The molecule has 1 aromatic carbocycles. The summed E-state index contributed by atoms with van der Waals surface area (Å²) in [7, 11) is 2.09. The number of hydrogen-bond acceptors (Lipinski definition) is 3. The fraction of sp³-hybridized carbons (Fsp3) is 0.435. The summed E-state index contributed by atoms with van der Waals surface area (Å²) in [5.41, 5.74) is 3.20. The summed E-state index contributed by atoms with van der Waals surface area (Å²) < 4.78 is 26.8. The first kappa shape index (κ1) is 21.1. The molecule has 156 valence electrons. The first-order chi connectivity index (χ1) is 13.9. The molecule has 1 atom stereocenters. The molecule has 4 nitrogen and oxygen atoms in total. The van der Waals surface area contributed by atoms with Crippen molar-refractivity contribution in [1.29, 1.82) is 0 Å². The van der Waals surface area contributed by atoms with Crippen LogP contribution in [0.5, 0.6) is 0 Å². The van der Waals surface area contributed by atoms with Gasteiger partial charge in [-0.05, 0) is 44.2 Å². The highest BCUT2D eigenvalue weighted by Gasteiger charge is 2.40. The molecule has 29 heavy (non-hydrogen) atoms. The van der Waals surface area contributed by atoms with Gasteiger partial charge in [-0.2, -0.15) is 0 Å². The van der Waals surface area contributed by atoms with Gasteiger partial charge in [-0.1, -0.05) is 32.1 Å². The molecule has 0 bridgehead atoms. The van der Waals surface area contributed by atoms with E-state index in [0.29, 0.717) is 13.0 Å². The fourth-order valence-corrected chi connectivity index (χ4v) is 4.21. The topological polar surface area (TPSA) is 44.4 Å². The smallest absolute Gasteiger partial charge is 0.251 e. The van der Waals surface area contributed by atoms with Gasteiger partial charge in [0, 0.05) is 30.9 Å². The molecular weight excluding hydrogens is 372 g/mol. The zero-order valence-electron chi connectivity index (χ0n) is 17.3. The quantitative estimate of drug-likeness (QED) is 0.731. The number of fused-ring (bicyclic) bond motifs is 1. The molecule has 1 aliphatic carbocycles. The maximum absolute atomic E-state index is 13.4. The van der Waals surface area contributed by atoms with Gasteiger partial charge in [-0.3, -0.25) is 4.79 Å². The van der Waals surface area contributed by atoms with E-state index in [1.165, 1.54) is 11.4 Å². The molecule has 1 fully saturated rings. The van der Waals surface area contributed by atoms with Crippen molar-refractivity contribution in [3.05, 3.63) is 70.7 Å². The van der Waals surface area contributed by atoms with Gasteiger partial charge in [0.15, 0.2) is 0 Å². The summed E-state index contributed by atoms with van der Waals surface area (Å²) in [5.74, 6) is -1.99. The van der Waals surface area contributed by atoms with E-state index in [2.05, 4.69) is 54.7 Å². The van der Waals surface area contributed by atoms with E-state index in [-0.39, 0.29) is 11.1 Å². The Morgan fingerprint density at radius 2 is 1.90 bits per heavy atom. The Bertz CT molecular complexity index is 855. The van der Waals surface area contributed by atoms with Gasteiger partial charge in [0.1, 0.15) is 11.6 Å². The molecule has 2 N–H and O–H groups in total. The van der Waals surface area contributed by atoms with Crippen molar-refractivity contribution >= 4 is 5.91 Å². The van der Waals surface area contributed by atoms with E-state index in [1.54, 1.807) is 0 Å². The van der Waals surface area contributed by atoms with Crippen LogP contribution in [0.2, 0.25) is 0 Å². The summed E-state index contributed by atoms with van der Waals surface area (Å²) >= 11 is 0. The van der Waals surface area contributed by atoms with Gasteiger partial charge in [0.25, 0.3) is 5.91 Å². The van der Waals surface area contributed by atoms with Crippen LogP contribution in [0.25, 0.3) is 0 Å². The van der Waals surface area contributed by atoms with Crippen LogP contribution in [-0.4, -0.2) is 29.9 Å². The molecule has 1 aliphatic heterocycles. The first-order valence-electron chi connectivity index (χ1n) is 10.3. The third-order valence-electron chi connectivity index (χ3n) is 5.68. The Hall–Kier alpha value is -2.63. The van der Waals surface area contributed by atoms with Crippen molar-refractivity contribution in [2.45, 2.75) is 51.5 Å². The van der Waals surface area contributed by atoms with Crippen molar-refractivity contribution in [2.24, 2.45) is 0 Å². The Morgan fingerprint density at radius 3 is 2.55 bits per heavy atom. The number of nitrogens with one attached hydrogen (secondary N) is 2. The molecule has 6 heteroatoms. The molecule has 1 aromatic rings. The van der Waals surface area contributed by atoms with Gasteiger partial charge < -0.3 is 15.5 Å². The van der Waals surface area contributed by atoms with Gasteiger partial charge in [-0.25, -0.2) is 8.78 Å². The SMILES string of the molecule is CC/C=C1\N(C)C2=CCCC=C2NC1(CC)CCNC(=O)c1cc(F)cc(F)c1. The fourth-order valence-electron chi connectivity index (χ4n) is 4.21. The first-order valence-corrected chi connectivity index (χ1v) is 10.3. The van der Waals surface area contributed by atoms with Gasteiger partial charge in [-0.15, -0.1) is 0 Å². The summed E-state index contributed by atoms with van der Waals surface area (Å²) in [6, 6.07) is 2.86. The van der Waals surface area contributed by atoms with Crippen molar-refractivity contribution in [2.75, 3.05) is 13.6 Å². The number of benzene rings is 1. The van der Waals surface area contributed by atoms with E-state index in [4.69, 9.17) is 0 Å². The monoisotopic (exact) mass is 401 g/mol. The van der Waals surface area contributed by atoms with Crippen molar-refractivity contribution < 1.29 is 13.6 Å². The summed E-state index contributed by atoms with van der Waals surface area (Å²) in [6.45, 7) is 4.63. The average molecular weight is 402 g/mol. The van der Waals surface area contributed by atoms with E-state index in [0.717, 1.165) is 49.6 Å². The van der Waals surface area contributed by atoms with Crippen LogP contribution in [0.3, 0.4) is 0 Å². The van der Waals surface area contributed by atoms with E-state index in [9.17, 15) is 13.6 Å². The number of hydrogen-bond donors (Lipinski definition) is 2. The maximum atomic E-state index is 13.4. The van der Waals surface area contributed by atoms with Crippen LogP contribution < -0.4 is 10.6 Å². The van der Waals surface area contributed by atoms with Crippen LogP contribution in [0.1, 0.15) is 56.3 Å². The van der Waals surface area contributed by atoms with Crippen molar-refractivity contribution in [3.8, 4) is 0 Å². The standard InChI is InChI=1S/C23H29F2N3O/c1-4-8-21-23(5-2,27-19-9-6-7-10-20(19)28(21)3)11-12-26-22(29)16-13-17(24)15-18(25)14-16/h8-10,13-15,27H,4-7,11-12H2,1-3H3,(H,26,29)/b21-8-. The highest BCUT2D eigenvalue weighted by molar-refractivity contribution is 5.94. The maximum Gasteiger partial charge on any atom is 0.251 e. The number of halogens is 2. The van der Waals surface area contributed by atoms with Gasteiger partial charge >= 0.3 is 0 Å². The molecule has 3 rings (SSSR count). The molecule has 1 heterocycles. The second-order valence-electron chi connectivity index (χ2n) is 7.57.